The van der Waals surface area contributed by atoms with E-state index in [1.54, 1.807) is 13.8 Å². The standard InChI is InChI=1S/C20H34O7.C18H26O7/c1-7-19(22,8-2)25-15-11-14(12-23-17(21)13(5)6)24-18-16(15)26-20(9-3,10-4)27-18;1-11(2)15(19)21-10-12-9-13(23-17(20)5-3-6-17)14-16(22-12)25-18(24-14)7-4-8-18/h14-16,18,22H,5,7-12H2,1-4,6H3;12-14,16,20H,1,3-10H2,2H3/t14?,15?,16-,18-;12?,13?,14-,16-/m11/s1. The molecule has 2 aliphatic carbocycles. The van der Waals surface area contributed by atoms with Crippen molar-refractivity contribution in [3.63, 3.8) is 0 Å². The summed E-state index contributed by atoms with van der Waals surface area (Å²) in [5.41, 5.74) is 0.679. The van der Waals surface area contributed by atoms with E-state index >= 15 is 0 Å². The van der Waals surface area contributed by atoms with Crippen LogP contribution < -0.4 is 0 Å². The monoisotopic (exact) mass is 740 g/mol. The van der Waals surface area contributed by atoms with Gasteiger partial charge in [-0.3, -0.25) is 0 Å². The van der Waals surface area contributed by atoms with E-state index in [1.165, 1.54) is 0 Å². The minimum atomic E-state index is -1.24. The Bertz CT molecular complexity index is 1270. The van der Waals surface area contributed by atoms with Crippen molar-refractivity contribution in [2.24, 2.45) is 0 Å². The minimum Gasteiger partial charge on any atom is -0.460 e. The molecule has 52 heavy (non-hydrogen) atoms. The highest BCUT2D eigenvalue weighted by molar-refractivity contribution is 5.87. The van der Waals surface area contributed by atoms with Crippen LogP contribution in [0.15, 0.2) is 24.3 Å². The zero-order valence-electron chi connectivity index (χ0n) is 31.7. The van der Waals surface area contributed by atoms with Gasteiger partial charge in [0.25, 0.3) is 0 Å². The number of rotatable bonds is 14. The van der Waals surface area contributed by atoms with Gasteiger partial charge in [0.2, 0.25) is 0 Å². The third-order valence-electron chi connectivity index (χ3n) is 10.9. The predicted octanol–water partition coefficient (Wildman–Crippen LogP) is 4.82. The highest BCUT2D eigenvalue weighted by atomic mass is 16.8. The van der Waals surface area contributed by atoms with E-state index in [0.29, 0.717) is 62.5 Å². The Labute approximate surface area is 307 Å². The molecule has 0 amide bonds. The van der Waals surface area contributed by atoms with Gasteiger partial charge in [0.1, 0.15) is 25.4 Å². The normalized spacial score (nSPS) is 33.7. The highest BCUT2D eigenvalue weighted by Crippen LogP contribution is 2.49. The predicted molar refractivity (Wildman–Crippen MR) is 184 cm³/mol. The van der Waals surface area contributed by atoms with Crippen LogP contribution in [0, 0.1) is 0 Å². The zero-order valence-corrected chi connectivity index (χ0v) is 31.7. The number of aliphatic hydroxyl groups is 2. The molecule has 14 heteroatoms. The Kier molecular flexibility index (Phi) is 13.3. The lowest BCUT2D eigenvalue weighted by atomic mass is 9.90. The third kappa shape index (κ3) is 9.45. The summed E-state index contributed by atoms with van der Waals surface area (Å²) in [6.45, 7) is 18.3. The van der Waals surface area contributed by atoms with Crippen LogP contribution in [-0.4, -0.2) is 108 Å². The summed E-state index contributed by atoms with van der Waals surface area (Å²) < 4.78 is 58.9. The Morgan fingerprint density at radius 1 is 0.750 bits per heavy atom. The first kappa shape index (κ1) is 41.2. The first-order valence-electron chi connectivity index (χ1n) is 19.1. The van der Waals surface area contributed by atoms with Crippen molar-refractivity contribution in [3.05, 3.63) is 24.3 Å². The van der Waals surface area contributed by atoms with Crippen molar-refractivity contribution in [3.8, 4) is 0 Å². The summed E-state index contributed by atoms with van der Waals surface area (Å²) in [6.07, 6.45) is 4.59. The van der Waals surface area contributed by atoms with Crippen molar-refractivity contribution >= 4 is 11.9 Å². The van der Waals surface area contributed by atoms with Gasteiger partial charge in [-0.05, 0) is 52.4 Å². The lowest BCUT2D eigenvalue weighted by molar-refractivity contribution is -0.310. The molecular weight excluding hydrogens is 680 g/mol. The fourth-order valence-corrected chi connectivity index (χ4v) is 7.10. The van der Waals surface area contributed by atoms with Crippen LogP contribution in [0.3, 0.4) is 0 Å². The summed E-state index contributed by atoms with van der Waals surface area (Å²) in [7, 11) is 0. The second-order valence-corrected chi connectivity index (χ2v) is 15.0. The minimum absolute atomic E-state index is 0.0695. The van der Waals surface area contributed by atoms with Gasteiger partial charge < -0.3 is 57.6 Å². The fraction of sp³-hybridized carbons (Fsp3) is 0.842. The molecule has 6 rings (SSSR count). The van der Waals surface area contributed by atoms with Crippen molar-refractivity contribution < 1.29 is 67.2 Å². The van der Waals surface area contributed by atoms with Crippen LogP contribution in [0.25, 0.3) is 0 Å². The van der Waals surface area contributed by atoms with Crippen molar-refractivity contribution in [2.45, 2.75) is 191 Å². The molecule has 8 atom stereocenters. The van der Waals surface area contributed by atoms with E-state index in [0.717, 1.165) is 25.7 Å². The second kappa shape index (κ2) is 16.8. The quantitative estimate of drug-likeness (QED) is 0.141. The molecule has 4 heterocycles. The summed E-state index contributed by atoms with van der Waals surface area (Å²) in [6, 6.07) is 0. The Morgan fingerprint density at radius 3 is 1.69 bits per heavy atom. The number of esters is 2. The molecule has 296 valence electrons. The maximum absolute atomic E-state index is 11.7. The largest absolute Gasteiger partial charge is 0.460 e. The van der Waals surface area contributed by atoms with Gasteiger partial charge >= 0.3 is 11.9 Å². The van der Waals surface area contributed by atoms with Crippen LogP contribution in [0.5, 0.6) is 0 Å². The van der Waals surface area contributed by atoms with Crippen LogP contribution >= 0.6 is 0 Å². The number of fused-ring (bicyclic) bond motifs is 2. The fourth-order valence-electron chi connectivity index (χ4n) is 7.10. The van der Waals surface area contributed by atoms with Gasteiger partial charge in [0.05, 0.1) is 24.4 Å². The van der Waals surface area contributed by atoms with Crippen LogP contribution in [-0.2, 0) is 57.0 Å². The van der Waals surface area contributed by atoms with E-state index in [9.17, 15) is 19.8 Å². The number of ether oxygens (including phenoxy) is 10. The van der Waals surface area contributed by atoms with E-state index < -0.39 is 66.0 Å². The van der Waals surface area contributed by atoms with E-state index in [-0.39, 0.29) is 31.5 Å². The average Bonchev–Trinajstić information content (AvgIpc) is 3.69. The first-order valence-corrected chi connectivity index (χ1v) is 19.1. The molecule has 0 bridgehead atoms. The molecule has 4 aliphatic heterocycles. The molecular formula is C38H60O14. The summed E-state index contributed by atoms with van der Waals surface area (Å²) in [5, 5.41) is 21.1. The molecule has 4 saturated heterocycles. The zero-order chi connectivity index (χ0) is 37.9. The molecule has 6 aliphatic rings. The lowest BCUT2D eigenvalue weighted by Crippen LogP contribution is -2.54. The highest BCUT2D eigenvalue weighted by Gasteiger charge is 2.59. The molecule has 0 aromatic heterocycles. The Hall–Kier alpha value is -1.98. The second-order valence-electron chi connectivity index (χ2n) is 15.0. The van der Waals surface area contributed by atoms with Gasteiger partial charge in [-0.25, -0.2) is 9.59 Å². The summed E-state index contributed by atoms with van der Waals surface area (Å²) >= 11 is 0. The molecule has 2 saturated carbocycles. The van der Waals surface area contributed by atoms with E-state index in [4.69, 9.17) is 47.4 Å². The Balaban J connectivity index is 0.000000201. The average molecular weight is 741 g/mol. The molecule has 0 aromatic rings. The molecule has 0 aromatic carbocycles. The molecule has 14 nitrogen and oxygen atoms in total. The number of hydrogen-bond donors (Lipinski definition) is 2. The SMILES string of the molecule is C=C(C)C(=O)OCC1CC(OC(O)(CC)CC)[C@H]2OC(CC)(CC)O[C@H]2O1.C=C(C)C(=O)OCC1CC(OC2(O)CCC2)[C@H]2OC3(CCC3)O[C@H]2O1. The maximum Gasteiger partial charge on any atom is 0.333 e. The van der Waals surface area contributed by atoms with Gasteiger partial charge in [0, 0.05) is 49.7 Å². The van der Waals surface area contributed by atoms with Crippen molar-refractivity contribution in [1.29, 1.82) is 0 Å². The van der Waals surface area contributed by atoms with Crippen LogP contribution in [0.4, 0.5) is 0 Å². The van der Waals surface area contributed by atoms with Gasteiger partial charge in [-0.15, -0.1) is 0 Å². The smallest absolute Gasteiger partial charge is 0.333 e. The van der Waals surface area contributed by atoms with Gasteiger partial charge in [-0.1, -0.05) is 40.9 Å². The van der Waals surface area contributed by atoms with Gasteiger partial charge in [-0.2, -0.15) is 0 Å². The van der Waals surface area contributed by atoms with Gasteiger partial charge in [0.15, 0.2) is 35.7 Å². The number of carbonyl (C=O) groups excluding carboxylic acids is 2. The maximum atomic E-state index is 11.7. The molecule has 2 N–H and O–H groups in total. The third-order valence-corrected chi connectivity index (χ3v) is 10.9. The molecule has 4 unspecified atom stereocenters. The lowest BCUT2D eigenvalue weighted by Gasteiger charge is -2.44. The molecule has 6 fully saturated rings. The van der Waals surface area contributed by atoms with Crippen LogP contribution in [0.1, 0.15) is 119 Å². The van der Waals surface area contributed by atoms with E-state index in [1.807, 2.05) is 27.7 Å². The summed E-state index contributed by atoms with van der Waals surface area (Å²) in [4.78, 5) is 23.3. The topological polar surface area (TPSA) is 167 Å². The van der Waals surface area contributed by atoms with E-state index in [2.05, 4.69) is 13.2 Å². The number of carbonyl (C=O) groups is 2. The molecule has 1 spiro atoms. The van der Waals surface area contributed by atoms with Crippen molar-refractivity contribution in [2.75, 3.05) is 13.2 Å². The Morgan fingerprint density at radius 2 is 1.25 bits per heavy atom. The first-order chi connectivity index (χ1) is 24.6. The van der Waals surface area contributed by atoms with Crippen LogP contribution in [0.2, 0.25) is 0 Å². The molecule has 0 radical (unpaired) electrons. The number of hydrogen-bond acceptors (Lipinski definition) is 14. The summed E-state index contributed by atoms with van der Waals surface area (Å²) in [5.74, 6) is -4.51. The van der Waals surface area contributed by atoms with Crippen molar-refractivity contribution in [1.82, 2.24) is 0 Å².